The number of rotatable bonds is 7. The Labute approximate surface area is 146 Å². The van der Waals surface area contributed by atoms with Crippen LogP contribution in [0.25, 0.3) is 0 Å². The number of amides is 1. The molecule has 0 aromatic carbocycles. The number of nitrogens with one attached hydrogen (secondary N) is 1. The van der Waals surface area contributed by atoms with Crippen LogP contribution in [0.1, 0.15) is 39.4 Å². The summed E-state index contributed by atoms with van der Waals surface area (Å²) in [6, 6.07) is -0.499. The number of aromatic nitrogens is 2. The highest BCUT2D eigenvalue weighted by Crippen LogP contribution is 2.04. The standard InChI is InChI=1S/C11H20N4O2.2C2H4O2/c1-2-3-9(12)11(17)15(6-7-16)8-10-13-4-5-14-10;2*1-2(3)4/h4-5,9,16H,2-3,6-8,12H2,1H3,(H,13,14);2*1H3,(H,3,4)/t9-;;/m0../s1. The fourth-order valence-corrected chi connectivity index (χ4v) is 1.62. The first-order valence-corrected chi connectivity index (χ1v) is 7.68. The molecule has 10 nitrogen and oxygen atoms in total. The summed E-state index contributed by atoms with van der Waals surface area (Å²) in [6.07, 6.45) is 4.84. The van der Waals surface area contributed by atoms with Crippen LogP contribution in [0.4, 0.5) is 0 Å². The van der Waals surface area contributed by atoms with E-state index in [1.54, 1.807) is 12.4 Å². The number of aliphatic hydroxyl groups is 1. The Morgan fingerprint density at radius 3 is 2.16 bits per heavy atom. The Morgan fingerprint density at radius 1 is 1.28 bits per heavy atom. The number of hydrogen-bond acceptors (Lipinski definition) is 6. The monoisotopic (exact) mass is 360 g/mol. The highest BCUT2D eigenvalue weighted by Gasteiger charge is 2.20. The highest BCUT2D eigenvalue weighted by atomic mass is 16.4. The van der Waals surface area contributed by atoms with Gasteiger partial charge in [0.05, 0.1) is 19.2 Å². The summed E-state index contributed by atoms with van der Waals surface area (Å²) >= 11 is 0. The summed E-state index contributed by atoms with van der Waals surface area (Å²) in [4.78, 5) is 38.5. The average molecular weight is 360 g/mol. The molecule has 0 aliphatic carbocycles. The Kier molecular flexibility index (Phi) is 15.0. The van der Waals surface area contributed by atoms with Crippen molar-refractivity contribution in [1.82, 2.24) is 14.9 Å². The van der Waals surface area contributed by atoms with Crippen molar-refractivity contribution in [3.8, 4) is 0 Å². The minimum absolute atomic E-state index is 0.0781. The van der Waals surface area contributed by atoms with E-state index >= 15 is 0 Å². The number of aromatic amines is 1. The molecule has 0 unspecified atom stereocenters. The van der Waals surface area contributed by atoms with Crippen LogP contribution < -0.4 is 5.73 Å². The molecule has 0 aliphatic rings. The summed E-state index contributed by atoms with van der Waals surface area (Å²) in [6.45, 7) is 4.70. The molecule has 6 N–H and O–H groups in total. The van der Waals surface area contributed by atoms with Gasteiger partial charge in [0.15, 0.2) is 0 Å². The second kappa shape index (κ2) is 15.1. The molecule has 1 aromatic rings. The van der Waals surface area contributed by atoms with Crippen molar-refractivity contribution in [2.45, 2.75) is 46.2 Å². The smallest absolute Gasteiger partial charge is 0.300 e. The van der Waals surface area contributed by atoms with E-state index in [2.05, 4.69) is 9.97 Å². The van der Waals surface area contributed by atoms with E-state index in [0.717, 1.165) is 20.3 Å². The molecule has 0 spiro atoms. The lowest BCUT2D eigenvalue weighted by Gasteiger charge is -2.23. The molecular weight excluding hydrogens is 332 g/mol. The zero-order valence-corrected chi connectivity index (χ0v) is 14.8. The van der Waals surface area contributed by atoms with Gasteiger partial charge in [-0.15, -0.1) is 0 Å². The molecule has 0 bridgehead atoms. The van der Waals surface area contributed by atoms with Crippen molar-refractivity contribution in [2.24, 2.45) is 5.73 Å². The second-order valence-corrected chi connectivity index (χ2v) is 4.95. The van der Waals surface area contributed by atoms with Gasteiger partial charge >= 0.3 is 0 Å². The zero-order valence-electron chi connectivity index (χ0n) is 14.8. The second-order valence-electron chi connectivity index (χ2n) is 4.95. The molecule has 1 rings (SSSR count). The largest absolute Gasteiger partial charge is 0.481 e. The Balaban J connectivity index is 0. The number of carbonyl (C=O) groups is 3. The maximum Gasteiger partial charge on any atom is 0.300 e. The molecule has 1 aromatic heterocycles. The summed E-state index contributed by atoms with van der Waals surface area (Å²) < 4.78 is 0. The molecule has 1 amide bonds. The van der Waals surface area contributed by atoms with Crippen molar-refractivity contribution < 1.29 is 29.7 Å². The van der Waals surface area contributed by atoms with Crippen molar-refractivity contribution >= 4 is 17.8 Å². The number of hydrogen-bond donors (Lipinski definition) is 5. The number of nitrogens with zero attached hydrogens (tertiary/aromatic N) is 2. The van der Waals surface area contributed by atoms with Gasteiger partial charge in [-0.1, -0.05) is 13.3 Å². The SMILES string of the molecule is CC(=O)O.CC(=O)O.CCC[C@H](N)C(=O)N(CCO)Cc1ncc[nH]1. The molecule has 10 heteroatoms. The van der Waals surface area contributed by atoms with Crippen LogP contribution >= 0.6 is 0 Å². The quantitative estimate of drug-likeness (QED) is 0.453. The van der Waals surface area contributed by atoms with Crippen molar-refractivity contribution in [3.63, 3.8) is 0 Å². The van der Waals surface area contributed by atoms with E-state index in [4.69, 9.17) is 30.6 Å². The normalized spacial score (nSPS) is 10.4. The molecule has 0 radical (unpaired) electrons. The van der Waals surface area contributed by atoms with E-state index in [1.807, 2.05) is 6.92 Å². The summed E-state index contributed by atoms with van der Waals surface area (Å²) in [5.74, 6) is -1.12. The maximum absolute atomic E-state index is 12.0. The van der Waals surface area contributed by atoms with E-state index in [9.17, 15) is 4.79 Å². The Bertz CT molecular complexity index is 472. The van der Waals surface area contributed by atoms with E-state index in [1.165, 1.54) is 4.90 Å². The van der Waals surface area contributed by atoms with Crippen molar-refractivity contribution in [1.29, 1.82) is 0 Å². The molecule has 144 valence electrons. The summed E-state index contributed by atoms with van der Waals surface area (Å²) in [7, 11) is 0. The van der Waals surface area contributed by atoms with Gasteiger partial charge in [-0.25, -0.2) is 4.98 Å². The third kappa shape index (κ3) is 16.2. The van der Waals surface area contributed by atoms with Crippen LogP contribution in [0.15, 0.2) is 12.4 Å². The fraction of sp³-hybridized carbons (Fsp3) is 0.600. The van der Waals surface area contributed by atoms with Crippen LogP contribution in [-0.4, -0.2) is 67.2 Å². The number of aliphatic hydroxyl groups excluding tert-OH is 1. The summed E-state index contributed by atoms with van der Waals surface area (Å²) in [5, 5.41) is 23.8. The van der Waals surface area contributed by atoms with Crippen molar-refractivity contribution in [3.05, 3.63) is 18.2 Å². The van der Waals surface area contributed by atoms with E-state index in [0.29, 0.717) is 18.8 Å². The van der Waals surface area contributed by atoms with Crippen LogP contribution in [0.5, 0.6) is 0 Å². The lowest BCUT2D eigenvalue weighted by atomic mass is 10.1. The van der Waals surface area contributed by atoms with Gasteiger partial charge in [0.2, 0.25) is 5.91 Å². The first kappa shape index (κ1) is 24.8. The van der Waals surface area contributed by atoms with Crippen molar-refractivity contribution in [2.75, 3.05) is 13.2 Å². The van der Waals surface area contributed by atoms with Crippen LogP contribution in [-0.2, 0) is 20.9 Å². The van der Waals surface area contributed by atoms with Gasteiger partial charge < -0.3 is 30.9 Å². The summed E-state index contributed by atoms with van der Waals surface area (Å²) in [5.41, 5.74) is 5.78. The third-order valence-corrected chi connectivity index (χ3v) is 2.49. The number of carboxylic acid groups (broad SMARTS) is 2. The number of aliphatic carboxylic acids is 2. The minimum Gasteiger partial charge on any atom is -0.481 e. The number of nitrogens with two attached hydrogens (primary N) is 1. The minimum atomic E-state index is -0.833. The molecule has 0 saturated carbocycles. The third-order valence-electron chi connectivity index (χ3n) is 2.49. The topological polar surface area (TPSA) is 170 Å². The van der Waals surface area contributed by atoms with E-state index in [-0.39, 0.29) is 19.1 Å². The van der Waals surface area contributed by atoms with Crippen LogP contribution in [0, 0.1) is 0 Å². The fourth-order valence-electron chi connectivity index (χ4n) is 1.62. The Morgan fingerprint density at radius 2 is 1.80 bits per heavy atom. The predicted octanol–water partition coefficient (Wildman–Crippen LogP) is 0.0398. The van der Waals surface area contributed by atoms with Crippen LogP contribution in [0.2, 0.25) is 0 Å². The number of carboxylic acids is 2. The van der Waals surface area contributed by atoms with Gasteiger partial charge in [0.25, 0.3) is 11.9 Å². The Hall–Kier alpha value is -2.46. The van der Waals surface area contributed by atoms with Gasteiger partial charge in [-0.2, -0.15) is 0 Å². The lowest BCUT2D eigenvalue weighted by molar-refractivity contribution is -0.135. The predicted molar refractivity (Wildman–Crippen MR) is 90.6 cm³/mol. The van der Waals surface area contributed by atoms with E-state index < -0.39 is 18.0 Å². The van der Waals surface area contributed by atoms with Gasteiger partial charge in [-0.3, -0.25) is 14.4 Å². The first-order chi connectivity index (χ1) is 11.6. The van der Waals surface area contributed by atoms with Gasteiger partial charge in [0, 0.05) is 32.8 Å². The molecular formula is C15H28N4O6. The number of carbonyl (C=O) groups excluding carboxylic acids is 1. The van der Waals surface area contributed by atoms with Gasteiger partial charge in [-0.05, 0) is 6.42 Å². The highest BCUT2D eigenvalue weighted by molar-refractivity contribution is 5.81. The zero-order chi connectivity index (χ0) is 19.8. The maximum atomic E-state index is 12.0. The molecule has 0 fully saturated rings. The molecule has 25 heavy (non-hydrogen) atoms. The number of H-pyrrole nitrogens is 1. The molecule has 0 saturated heterocycles. The molecule has 0 aliphatic heterocycles. The lowest BCUT2D eigenvalue weighted by Crippen LogP contribution is -2.44. The molecule has 1 heterocycles. The first-order valence-electron chi connectivity index (χ1n) is 7.68. The van der Waals surface area contributed by atoms with Crippen LogP contribution in [0.3, 0.4) is 0 Å². The average Bonchev–Trinajstić information content (AvgIpc) is 2.98. The number of imidazole rings is 1. The van der Waals surface area contributed by atoms with Gasteiger partial charge in [0.1, 0.15) is 5.82 Å². The molecule has 1 atom stereocenters.